The molecule has 190 valence electrons. The molecule has 11 heteroatoms. The van der Waals surface area contributed by atoms with Crippen LogP contribution in [0.5, 0.6) is 0 Å². The minimum atomic E-state index is -4.44. The van der Waals surface area contributed by atoms with Crippen molar-refractivity contribution in [1.82, 2.24) is 14.6 Å². The first-order valence-corrected chi connectivity index (χ1v) is 11.2. The van der Waals surface area contributed by atoms with Crippen molar-refractivity contribution in [2.24, 2.45) is 0 Å². The summed E-state index contributed by atoms with van der Waals surface area (Å²) in [7, 11) is 1.27. The van der Waals surface area contributed by atoms with Gasteiger partial charge in [0.25, 0.3) is 11.5 Å². The van der Waals surface area contributed by atoms with Crippen LogP contribution in [0.2, 0.25) is 0 Å². The van der Waals surface area contributed by atoms with Gasteiger partial charge in [-0.25, -0.2) is 9.37 Å². The number of nitrogens with one attached hydrogen (secondary N) is 1. The fraction of sp³-hybridized carbons (Fsp3) is 0.320. The van der Waals surface area contributed by atoms with Gasteiger partial charge in [0.2, 0.25) is 5.95 Å². The Morgan fingerprint density at radius 2 is 1.86 bits per heavy atom. The molecule has 2 aromatic carbocycles. The third-order valence-corrected chi connectivity index (χ3v) is 6.10. The molecular formula is C25H24F4N4O3. The summed E-state index contributed by atoms with van der Waals surface area (Å²) in [5, 5.41) is 3.01. The van der Waals surface area contributed by atoms with Gasteiger partial charge in [0, 0.05) is 13.0 Å². The van der Waals surface area contributed by atoms with Crippen LogP contribution < -0.4 is 15.7 Å². The van der Waals surface area contributed by atoms with Crippen LogP contribution in [0.15, 0.2) is 47.3 Å². The Morgan fingerprint density at radius 3 is 2.47 bits per heavy atom. The highest BCUT2D eigenvalue weighted by molar-refractivity contribution is 5.94. The number of fused-ring (bicyclic) bond motifs is 1. The highest BCUT2D eigenvalue weighted by atomic mass is 19.4. The normalized spacial score (nSPS) is 14.2. The first-order valence-electron chi connectivity index (χ1n) is 11.2. The first kappa shape index (κ1) is 25.2. The Balaban J connectivity index is 1.58. The van der Waals surface area contributed by atoms with Crippen molar-refractivity contribution in [3.63, 3.8) is 0 Å². The van der Waals surface area contributed by atoms with E-state index in [9.17, 15) is 27.2 Å². The minimum Gasteiger partial charge on any atom is -0.411 e. The maximum atomic E-state index is 14.3. The molecule has 0 saturated carbocycles. The van der Waals surface area contributed by atoms with Crippen LogP contribution in [-0.4, -0.2) is 34.2 Å². The predicted octanol–water partition coefficient (Wildman–Crippen LogP) is 4.14. The molecule has 36 heavy (non-hydrogen) atoms. The second kappa shape index (κ2) is 9.63. The molecule has 1 aromatic heterocycles. The lowest BCUT2D eigenvalue weighted by Gasteiger charge is -2.29. The summed E-state index contributed by atoms with van der Waals surface area (Å²) in [5.74, 6) is -1.08. The summed E-state index contributed by atoms with van der Waals surface area (Å²) in [5.41, 5.74) is 0.573. The zero-order valence-electron chi connectivity index (χ0n) is 19.8. The van der Waals surface area contributed by atoms with Gasteiger partial charge in [-0.05, 0) is 49.2 Å². The van der Waals surface area contributed by atoms with Crippen molar-refractivity contribution in [2.45, 2.75) is 39.0 Å². The molecule has 1 unspecified atom stereocenters. The van der Waals surface area contributed by atoms with E-state index in [1.807, 2.05) is 0 Å². The quantitative estimate of drug-likeness (QED) is 0.529. The number of alkyl halides is 3. The average Bonchev–Trinajstić information content (AvgIpc) is 2.83. The van der Waals surface area contributed by atoms with E-state index in [0.717, 1.165) is 16.9 Å². The molecule has 3 aromatic rings. The van der Waals surface area contributed by atoms with Gasteiger partial charge >= 0.3 is 6.18 Å². The molecule has 0 saturated heterocycles. The Kier molecular flexibility index (Phi) is 6.75. The molecule has 0 radical (unpaired) electrons. The second-order valence-electron chi connectivity index (χ2n) is 8.59. The van der Waals surface area contributed by atoms with Gasteiger partial charge in [-0.1, -0.05) is 18.2 Å². The molecular weight excluding hydrogens is 480 g/mol. The van der Waals surface area contributed by atoms with Crippen LogP contribution in [0, 0.1) is 12.7 Å². The Hall–Kier alpha value is -3.89. The van der Waals surface area contributed by atoms with Crippen molar-refractivity contribution in [2.75, 3.05) is 19.0 Å². The summed E-state index contributed by atoms with van der Waals surface area (Å²) < 4.78 is 53.8. The number of aromatic nitrogens is 2. The van der Waals surface area contributed by atoms with Gasteiger partial charge < -0.3 is 15.1 Å². The second-order valence-corrected chi connectivity index (χ2v) is 8.59. The van der Waals surface area contributed by atoms with Gasteiger partial charge in [0.1, 0.15) is 12.9 Å². The maximum Gasteiger partial charge on any atom is 0.416 e. The summed E-state index contributed by atoms with van der Waals surface area (Å²) >= 11 is 0. The molecule has 4 rings (SSSR count). The predicted molar refractivity (Wildman–Crippen MR) is 124 cm³/mol. The van der Waals surface area contributed by atoms with Crippen LogP contribution in [0.4, 0.5) is 23.5 Å². The maximum absolute atomic E-state index is 14.3. The fourth-order valence-corrected chi connectivity index (χ4v) is 4.09. The number of amides is 1. The van der Waals surface area contributed by atoms with Crippen molar-refractivity contribution in [3.8, 4) is 0 Å². The number of halogens is 4. The number of hydrogen-bond donors (Lipinski definition) is 1. The van der Waals surface area contributed by atoms with Crippen LogP contribution in [-0.2, 0) is 19.1 Å². The number of carbonyl (C=O) groups is 1. The topological polar surface area (TPSA) is 76.5 Å². The average molecular weight is 504 g/mol. The van der Waals surface area contributed by atoms with Crippen molar-refractivity contribution in [1.29, 1.82) is 0 Å². The third-order valence-electron chi connectivity index (χ3n) is 6.10. The number of aryl methyl sites for hydroxylation is 1. The van der Waals surface area contributed by atoms with Crippen LogP contribution >= 0.6 is 0 Å². The molecule has 1 amide bonds. The first-order chi connectivity index (χ1) is 17.0. The standard InChI is InChI=1S/C25H24F4N4O3/c1-14-4-9-18(20(26)12-14)22(34)32-11-10-21-19(13-32)23(35)33(36-3)24(31-21)30-15(2)16-5-7-17(8-6-16)25(27,28)29/h4-9,12,15H,10-11,13H2,1-3H3,(H,30,31). The highest BCUT2D eigenvalue weighted by Crippen LogP contribution is 2.30. The number of hydrogen-bond acceptors (Lipinski definition) is 5. The van der Waals surface area contributed by atoms with Crippen molar-refractivity contribution in [3.05, 3.63) is 92.1 Å². The Morgan fingerprint density at radius 1 is 1.17 bits per heavy atom. The molecule has 0 bridgehead atoms. The van der Waals surface area contributed by atoms with Crippen LogP contribution in [0.25, 0.3) is 0 Å². The van der Waals surface area contributed by atoms with E-state index >= 15 is 0 Å². The van der Waals surface area contributed by atoms with E-state index < -0.39 is 35.1 Å². The lowest BCUT2D eigenvalue weighted by atomic mass is 10.0. The fourth-order valence-electron chi connectivity index (χ4n) is 4.09. The summed E-state index contributed by atoms with van der Waals surface area (Å²) in [4.78, 5) is 37.2. The number of nitrogens with zero attached hydrogens (tertiary/aromatic N) is 3. The molecule has 0 aliphatic carbocycles. The molecule has 0 spiro atoms. The Labute approximate surface area is 204 Å². The third kappa shape index (κ3) is 4.91. The molecule has 1 aliphatic heterocycles. The van der Waals surface area contributed by atoms with E-state index in [4.69, 9.17) is 4.84 Å². The van der Waals surface area contributed by atoms with Crippen LogP contribution in [0.3, 0.4) is 0 Å². The monoisotopic (exact) mass is 504 g/mol. The van der Waals surface area contributed by atoms with Gasteiger partial charge in [0.05, 0.1) is 35.0 Å². The van der Waals surface area contributed by atoms with E-state index in [0.29, 0.717) is 16.8 Å². The zero-order valence-corrected chi connectivity index (χ0v) is 19.8. The SMILES string of the molecule is COn1c(NC(C)c2ccc(C(F)(F)F)cc2)nc2c(c1=O)CN(C(=O)c1ccc(C)cc1F)CC2. The van der Waals surface area contributed by atoms with Crippen molar-refractivity contribution < 1.29 is 27.2 Å². The largest absolute Gasteiger partial charge is 0.416 e. The molecule has 2 heterocycles. The molecule has 1 atom stereocenters. The lowest BCUT2D eigenvalue weighted by molar-refractivity contribution is -0.137. The van der Waals surface area contributed by atoms with Gasteiger partial charge in [0.15, 0.2) is 0 Å². The molecule has 1 aliphatic rings. The zero-order chi connectivity index (χ0) is 26.2. The van der Waals surface area contributed by atoms with E-state index in [1.54, 1.807) is 19.9 Å². The van der Waals surface area contributed by atoms with E-state index in [-0.39, 0.29) is 36.6 Å². The highest BCUT2D eigenvalue weighted by Gasteiger charge is 2.31. The molecule has 0 fully saturated rings. The molecule has 1 N–H and O–H groups in total. The minimum absolute atomic E-state index is 0.0641. The lowest BCUT2D eigenvalue weighted by Crippen LogP contribution is -2.42. The Bertz CT molecular complexity index is 1350. The summed E-state index contributed by atoms with van der Waals surface area (Å²) in [6, 6.07) is 8.52. The van der Waals surface area contributed by atoms with Crippen LogP contribution in [0.1, 0.15) is 51.3 Å². The van der Waals surface area contributed by atoms with Gasteiger partial charge in [-0.3, -0.25) is 9.59 Å². The smallest absolute Gasteiger partial charge is 0.411 e. The van der Waals surface area contributed by atoms with Gasteiger partial charge in [-0.15, -0.1) is 4.73 Å². The van der Waals surface area contributed by atoms with Gasteiger partial charge in [-0.2, -0.15) is 13.2 Å². The van der Waals surface area contributed by atoms with E-state index in [2.05, 4.69) is 10.3 Å². The molecule has 7 nitrogen and oxygen atoms in total. The number of anilines is 1. The summed E-state index contributed by atoms with van der Waals surface area (Å²) in [6.07, 6.45) is -4.18. The van der Waals surface area contributed by atoms with E-state index in [1.165, 1.54) is 36.3 Å². The van der Waals surface area contributed by atoms with Crippen molar-refractivity contribution >= 4 is 11.9 Å². The number of benzene rings is 2. The summed E-state index contributed by atoms with van der Waals surface area (Å²) in [6.45, 7) is 3.60. The number of carbonyl (C=O) groups excluding carboxylic acids is 1. The number of rotatable bonds is 5.